The lowest BCUT2D eigenvalue weighted by Crippen LogP contribution is -2.28. The van der Waals surface area contributed by atoms with Gasteiger partial charge in [-0.15, -0.1) is 24.8 Å². The SMILES string of the molecule is CN[C@H](O)CC[C@H]1C[C@H](S)CN1.Cl.Cl. The van der Waals surface area contributed by atoms with Gasteiger partial charge in [-0.05, 0) is 26.3 Å². The summed E-state index contributed by atoms with van der Waals surface area (Å²) in [6.45, 7) is 1.00. The molecule has 0 unspecified atom stereocenters. The lowest BCUT2D eigenvalue weighted by Gasteiger charge is -2.13. The first-order valence-corrected chi connectivity index (χ1v) is 5.00. The molecule has 0 aromatic rings. The Hall–Kier alpha value is 0.810. The predicted octanol–water partition coefficient (Wildman–Crippen LogP) is 0.808. The van der Waals surface area contributed by atoms with Gasteiger partial charge in [-0.2, -0.15) is 12.6 Å². The molecular formula is C8H20Cl2N2OS. The highest BCUT2D eigenvalue weighted by Crippen LogP contribution is 2.16. The van der Waals surface area contributed by atoms with Crippen LogP contribution in [-0.2, 0) is 0 Å². The van der Waals surface area contributed by atoms with Gasteiger partial charge in [-0.3, -0.25) is 5.32 Å². The maximum atomic E-state index is 9.23. The standard InChI is InChI=1S/C8H18N2OS.2ClH/c1-9-8(11)3-2-6-4-7(12)5-10-6;;/h6-12H,2-5H2,1H3;2*1H/t6-,7-,8+;;/m0../s1. The molecule has 3 atom stereocenters. The molecule has 1 fully saturated rings. The van der Waals surface area contributed by atoms with E-state index < -0.39 is 0 Å². The molecule has 0 radical (unpaired) electrons. The van der Waals surface area contributed by atoms with Crippen LogP contribution in [0.2, 0.25) is 0 Å². The van der Waals surface area contributed by atoms with Crippen molar-refractivity contribution in [1.82, 2.24) is 10.6 Å². The van der Waals surface area contributed by atoms with Gasteiger partial charge in [-0.1, -0.05) is 0 Å². The molecule has 0 amide bonds. The molecule has 0 bridgehead atoms. The summed E-state index contributed by atoms with van der Waals surface area (Å²) in [5.41, 5.74) is 0. The first-order valence-electron chi connectivity index (χ1n) is 4.49. The third kappa shape index (κ3) is 6.32. The van der Waals surface area contributed by atoms with E-state index in [0.717, 1.165) is 25.8 Å². The minimum atomic E-state index is -0.356. The van der Waals surface area contributed by atoms with Crippen molar-refractivity contribution in [2.24, 2.45) is 0 Å². The lowest BCUT2D eigenvalue weighted by atomic mass is 10.1. The van der Waals surface area contributed by atoms with Gasteiger partial charge in [0.25, 0.3) is 0 Å². The monoisotopic (exact) mass is 262 g/mol. The molecule has 3 N–H and O–H groups in total. The summed E-state index contributed by atoms with van der Waals surface area (Å²) in [4.78, 5) is 0. The van der Waals surface area contributed by atoms with Gasteiger partial charge in [0.1, 0.15) is 6.23 Å². The Bertz CT molecular complexity index is 143. The second kappa shape index (κ2) is 9.07. The van der Waals surface area contributed by atoms with Gasteiger partial charge in [0, 0.05) is 17.8 Å². The van der Waals surface area contributed by atoms with Crippen LogP contribution in [0, 0.1) is 0 Å². The van der Waals surface area contributed by atoms with Crippen molar-refractivity contribution >= 4 is 37.4 Å². The Morgan fingerprint density at radius 2 is 2.21 bits per heavy atom. The van der Waals surface area contributed by atoms with E-state index in [9.17, 15) is 5.11 Å². The van der Waals surface area contributed by atoms with Gasteiger partial charge in [0.2, 0.25) is 0 Å². The van der Waals surface area contributed by atoms with E-state index in [1.54, 1.807) is 7.05 Å². The summed E-state index contributed by atoms with van der Waals surface area (Å²) in [7, 11) is 1.77. The number of hydrogen-bond acceptors (Lipinski definition) is 4. The Labute approximate surface area is 104 Å². The quantitative estimate of drug-likeness (QED) is 0.448. The number of nitrogens with one attached hydrogen (secondary N) is 2. The van der Waals surface area contributed by atoms with E-state index in [2.05, 4.69) is 23.3 Å². The van der Waals surface area contributed by atoms with E-state index >= 15 is 0 Å². The molecule has 1 saturated heterocycles. The highest BCUT2D eigenvalue weighted by atomic mass is 35.5. The van der Waals surface area contributed by atoms with Crippen LogP contribution in [0.4, 0.5) is 0 Å². The zero-order valence-corrected chi connectivity index (χ0v) is 10.8. The number of rotatable bonds is 4. The van der Waals surface area contributed by atoms with Crippen molar-refractivity contribution in [3.8, 4) is 0 Å². The molecule has 14 heavy (non-hydrogen) atoms. The molecule has 0 aromatic carbocycles. The van der Waals surface area contributed by atoms with Gasteiger partial charge in [0.05, 0.1) is 0 Å². The highest BCUT2D eigenvalue weighted by Gasteiger charge is 2.21. The van der Waals surface area contributed by atoms with Gasteiger partial charge in [-0.25, -0.2) is 0 Å². The van der Waals surface area contributed by atoms with Crippen LogP contribution in [0.5, 0.6) is 0 Å². The number of aliphatic hydroxyl groups is 1. The number of hydrogen-bond donors (Lipinski definition) is 4. The average molecular weight is 263 g/mol. The normalized spacial score (nSPS) is 27.6. The molecule has 6 heteroatoms. The zero-order chi connectivity index (χ0) is 8.97. The summed E-state index contributed by atoms with van der Waals surface area (Å²) in [6, 6.07) is 0.551. The van der Waals surface area contributed by atoms with Crippen molar-refractivity contribution in [3.63, 3.8) is 0 Å². The van der Waals surface area contributed by atoms with E-state index in [0.29, 0.717) is 11.3 Å². The zero-order valence-electron chi connectivity index (χ0n) is 8.27. The van der Waals surface area contributed by atoms with E-state index in [1.807, 2.05) is 0 Å². The van der Waals surface area contributed by atoms with Crippen LogP contribution in [0.1, 0.15) is 19.3 Å². The second-order valence-corrected chi connectivity index (χ2v) is 4.11. The van der Waals surface area contributed by atoms with E-state index in [4.69, 9.17) is 0 Å². The molecule has 1 rings (SSSR count). The summed E-state index contributed by atoms with van der Waals surface area (Å²) in [5, 5.41) is 15.9. The Morgan fingerprint density at radius 3 is 2.64 bits per heavy atom. The fourth-order valence-electron chi connectivity index (χ4n) is 1.52. The van der Waals surface area contributed by atoms with Crippen molar-refractivity contribution < 1.29 is 5.11 Å². The largest absolute Gasteiger partial charge is 0.379 e. The van der Waals surface area contributed by atoms with E-state index in [-0.39, 0.29) is 31.0 Å². The minimum absolute atomic E-state index is 0. The van der Waals surface area contributed by atoms with Crippen molar-refractivity contribution in [1.29, 1.82) is 0 Å². The molecule has 0 spiro atoms. The smallest absolute Gasteiger partial charge is 0.104 e. The van der Waals surface area contributed by atoms with Crippen LogP contribution in [0.15, 0.2) is 0 Å². The fourth-order valence-corrected chi connectivity index (χ4v) is 1.88. The molecule has 1 heterocycles. The second-order valence-electron chi connectivity index (χ2n) is 3.38. The average Bonchev–Trinajstić information content (AvgIpc) is 2.47. The van der Waals surface area contributed by atoms with Crippen molar-refractivity contribution in [2.45, 2.75) is 36.8 Å². The van der Waals surface area contributed by atoms with Gasteiger partial charge < -0.3 is 10.4 Å². The molecular weight excluding hydrogens is 243 g/mol. The van der Waals surface area contributed by atoms with Crippen LogP contribution >= 0.6 is 37.4 Å². The highest BCUT2D eigenvalue weighted by molar-refractivity contribution is 7.81. The summed E-state index contributed by atoms with van der Waals surface area (Å²) in [6.07, 6.45) is 2.61. The Kier molecular flexibility index (Phi) is 11.1. The van der Waals surface area contributed by atoms with Gasteiger partial charge >= 0.3 is 0 Å². The molecule has 0 aliphatic carbocycles. The van der Waals surface area contributed by atoms with Crippen LogP contribution in [0.25, 0.3) is 0 Å². The molecule has 1 aliphatic rings. The Balaban J connectivity index is 0. The van der Waals surface area contributed by atoms with Crippen LogP contribution < -0.4 is 10.6 Å². The number of thiol groups is 1. The number of aliphatic hydroxyl groups excluding tert-OH is 1. The van der Waals surface area contributed by atoms with E-state index in [1.165, 1.54) is 0 Å². The molecule has 1 aliphatic heterocycles. The topological polar surface area (TPSA) is 44.3 Å². The molecule has 3 nitrogen and oxygen atoms in total. The first-order chi connectivity index (χ1) is 5.72. The summed E-state index contributed by atoms with van der Waals surface area (Å²) >= 11 is 4.38. The van der Waals surface area contributed by atoms with Crippen LogP contribution in [0.3, 0.4) is 0 Å². The minimum Gasteiger partial charge on any atom is -0.379 e. The Morgan fingerprint density at radius 1 is 1.57 bits per heavy atom. The maximum Gasteiger partial charge on any atom is 0.104 e. The third-order valence-electron chi connectivity index (χ3n) is 2.32. The number of halogens is 2. The molecule has 0 aromatic heterocycles. The van der Waals surface area contributed by atoms with Crippen LogP contribution in [-0.4, -0.2) is 36.2 Å². The summed E-state index contributed by atoms with van der Waals surface area (Å²) < 4.78 is 0. The predicted molar refractivity (Wildman–Crippen MR) is 68.0 cm³/mol. The molecule has 88 valence electrons. The van der Waals surface area contributed by atoms with Crippen molar-refractivity contribution in [3.05, 3.63) is 0 Å². The van der Waals surface area contributed by atoms with Gasteiger partial charge in [0.15, 0.2) is 0 Å². The lowest BCUT2D eigenvalue weighted by molar-refractivity contribution is 0.131. The fraction of sp³-hybridized carbons (Fsp3) is 1.00. The third-order valence-corrected chi connectivity index (χ3v) is 2.71. The summed E-state index contributed by atoms with van der Waals surface area (Å²) in [5.74, 6) is 0. The molecule has 0 saturated carbocycles. The first kappa shape index (κ1) is 17.2. The maximum absolute atomic E-state index is 9.23. The van der Waals surface area contributed by atoms with Crippen molar-refractivity contribution in [2.75, 3.05) is 13.6 Å².